The van der Waals surface area contributed by atoms with E-state index in [0.717, 1.165) is 44.3 Å². The van der Waals surface area contributed by atoms with Crippen LogP contribution in [0.5, 0.6) is 0 Å². The van der Waals surface area contributed by atoms with E-state index in [0.29, 0.717) is 17.8 Å². The fraction of sp³-hybridized carbons (Fsp3) is 0.971. The van der Waals surface area contributed by atoms with Crippen LogP contribution in [0, 0.1) is 29.6 Å². The number of aliphatic hydroxyl groups is 1. The molecule has 222 valence electrons. The molecule has 1 N–H and O–H groups in total. The number of aliphatic hydroxyl groups excluding tert-OH is 1. The smallest absolute Gasteiger partial charge is 0.140 e. The third-order valence-corrected chi connectivity index (χ3v) is 11.6. The fourth-order valence-electron chi connectivity index (χ4n) is 8.35. The maximum atomic E-state index is 12.5. The van der Waals surface area contributed by atoms with E-state index in [1.807, 2.05) is 0 Å². The van der Waals surface area contributed by atoms with Crippen molar-refractivity contribution in [2.24, 2.45) is 29.6 Å². The van der Waals surface area contributed by atoms with Crippen molar-refractivity contribution in [2.75, 3.05) is 0 Å². The van der Waals surface area contributed by atoms with Gasteiger partial charge in [-0.15, -0.1) is 11.6 Å². The topological polar surface area (TPSA) is 37.3 Å². The summed E-state index contributed by atoms with van der Waals surface area (Å²) in [6.45, 7) is 0. The number of carbonyl (C=O) groups excluding carboxylic acids is 1. The van der Waals surface area contributed by atoms with Crippen molar-refractivity contribution in [3.8, 4) is 0 Å². The van der Waals surface area contributed by atoms with Crippen LogP contribution in [0.15, 0.2) is 0 Å². The van der Waals surface area contributed by atoms with Gasteiger partial charge in [0.05, 0.1) is 0 Å². The molecule has 0 spiro atoms. The summed E-state index contributed by atoms with van der Waals surface area (Å²) in [5.74, 6) is 2.53. The third-order valence-electron chi connectivity index (χ3n) is 10.8. The lowest BCUT2D eigenvalue weighted by molar-refractivity contribution is -0.110. The highest BCUT2D eigenvalue weighted by molar-refractivity contribution is 6.31. The summed E-state index contributed by atoms with van der Waals surface area (Å²) < 4.78 is 0. The first-order chi connectivity index (χ1) is 18.5. The van der Waals surface area contributed by atoms with Crippen LogP contribution in [0.25, 0.3) is 0 Å². The van der Waals surface area contributed by atoms with E-state index in [2.05, 4.69) is 0 Å². The molecule has 3 aliphatic rings. The van der Waals surface area contributed by atoms with E-state index in [4.69, 9.17) is 23.2 Å². The lowest BCUT2D eigenvalue weighted by atomic mass is 9.73. The van der Waals surface area contributed by atoms with Crippen molar-refractivity contribution < 1.29 is 9.90 Å². The quantitative estimate of drug-likeness (QED) is 0.269. The van der Waals surface area contributed by atoms with Gasteiger partial charge in [0, 0.05) is 0 Å². The Kier molecular flexibility index (Phi) is 16.0. The molecular formula is C34H60Cl2O2. The first kappa shape index (κ1) is 32.7. The molecule has 0 aromatic carbocycles. The fourth-order valence-corrected chi connectivity index (χ4v) is 8.91. The SMILES string of the molecule is O=CC1(Cl)CCCC(C2CCCCCCCC2)CCC(C(O)Cl)CC(C2CCCCCCCCCCC2)C1. The van der Waals surface area contributed by atoms with Crippen LogP contribution in [0.4, 0.5) is 0 Å². The van der Waals surface area contributed by atoms with Crippen LogP contribution in [0.2, 0.25) is 0 Å². The van der Waals surface area contributed by atoms with Gasteiger partial charge in [-0.1, -0.05) is 146 Å². The van der Waals surface area contributed by atoms with Gasteiger partial charge in [0.2, 0.25) is 0 Å². The first-order valence-electron chi connectivity index (χ1n) is 17.0. The molecule has 2 nitrogen and oxygen atoms in total. The summed E-state index contributed by atoms with van der Waals surface area (Å²) in [4.78, 5) is 11.7. The second-order valence-corrected chi connectivity index (χ2v) is 14.9. The minimum atomic E-state index is -0.799. The summed E-state index contributed by atoms with van der Waals surface area (Å²) in [6, 6.07) is 0. The number of rotatable bonds is 4. The van der Waals surface area contributed by atoms with Crippen molar-refractivity contribution in [3.63, 3.8) is 0 Å². The Hall–Kier alpha value is 0.210. The molecular weight excluding hydrogens is 511 g/mol. The molecule has 0 aromatic rings. The molecule has 3 aliphatic carbocycles. The highest BCUT2D eigenvalue weighted by Crippen LogP contribution is 2.44. The Morgan fingerprint density at radius 3 is 1.42 bits per heavy atom. The van der Waals surface area contributed by atoms with Gasteiger partial charge in [0.1, 0.15) is 16.7 Å². The van der Waals surface area contributed by atoms with Gasteiger partial charge in [-0.05, 0) is 61.7 Å². The van der Waals surface area contributed by atoms with Crippen molar-refractivity contribution in [2.45, 2.75) is 177 Å². The predicted octanol–water partition coefficient (Wildman–Crippen LogP) is 11.0. The number of aldehydes is 1. The molecule has 0 radical (unpaired) electrons. The zero-order valence-electron chi connectivity index (χ0n) is 24.5. The van der Waals surface area contributed by atoms with Crippen LogP contribution >= 0.6 is 23.2 Å². The molecule has 5 atom stereocenters. The van der Waals surface area contributed by atoms with E-state index in [1.165, 1.54) is 135 Å². The summed E-state index contributed by atoms with van der Waals surface area (Å²) >= 11 is 13.7. The van der Waals surface area contributed by atoms with Gasteiger partial charge in [-0.25, -0.2) is 0 Å². The third kappa shape index (κ3) is 12.0. The van der Waals surface area contributed by atoms with Gasteiger partial charge in [0.15, 0.2) is 0 Å². The number of halogens is 2. The van der Waals surface area contributed by atoms with E-state index in [1.54, 1.807) is 0 Å². The maximum absolute atomic E-state index is 12.5. The van der Waals surface area contributed by atoms with E-state index >= 15 is 0 Å². The van der Waals surface area contributed by atoms with E-state index in [-0.39, 0.29) is 5.92 Å². The minimum Gasteiger partial charge on any atom is -0.377 e. The standard InChI is InChI=1S/C34H60Cl2O2/c35-33(38)31-23-22-30(28-17-12-10-6-7-11-13-18-28)21-16-24-34(36,27-37)26-32(25-31)29-19-14-8-4-2-1-3-5-9-15-20-29/h27-33,38H,1-26H2. The summed E-state index contributed by atoms with van der Waals surface area (Å²) in [7, 11) is 0. The minimum absolute atomic E-state index is 0.104. The zero-order valence-corrected chi connectivity index (χ0v) is 26.0. The molecule has 0 bridgehead atoms. The monoisotopic (exact) mass is 570 g/mol. The highest BCUT2D eigenvalue weighted by Gasteiger charge is 2.37. The molecule has 0 heterocycles. The lowest BCUT2D eigenvalue weighted by Gasteiger charge is -2.35. The first-order valence-corrected chi connectivity index (χ1v) is 17.8. The van der Waals surface area contributed by atoms with Crippen LogP contribution in [0.3, 0.4) is 0 Å². The Balaban J connectivity index is 1.76. The normalized spacial score (nSPS) is 34.8. The molecule has 4 heteroatoms. The van der Waals surface area contributed by atoms with Crippen LogP contribution in [0.1, 0.15) is 167 Å². The molecule has 3 rings (SSSR count). The molecule has 38 heavy (non-hydrogen) atoms. The van der Waals surface area contributed by atoms with Crippen LogP contribution in [-0.4, -0.2) is 21.8 Å². The Morgan fingerprint density at radius 2 is 0.974 bits per heavy atom. The molecule has 3 saturated carbocycles. The molecule has 0 saturated heterocycles. The number of hydrogen-bond donors (Lipinski definition) is 1. The van der Waals surface area contributed by atoms with E-state index in [9.17, 15) is 9.90 Å². The lowest BCUT2D eigenvalue weighted by Crippen LogP contribution is -2.32. The van der Waals surface area contributed by atoms with Gasteiger partial charge < -0.3 is 9.90 Å². The van der Waals surface area contributed by atoms with Crippen LogP contribution < -0.4 is 0 Å². The van der Waals surface area contributed by atoms with Gasteiger partial charge in [-0.3, -0.25) is 0 Å². The van der Waals surface area contributed by atoms with E-state index < -0.39 is 10.4 Å². The van der Waals surface area contributed by atoms with Crippen molar-refractivity contribution in [3.05, 3.63) is 0 Å². The molecule has 0 amide bonds. The average molecular weight is 572 g/mol. The summed E-state index contributed by atoms with van der Waals surface area (Å²) in [5, 5.41) is 10.8. The molecule has 3 fully saturated rings. The number of hydrogen-bond acceptors (Lipinski definition) is 2. The largest absolute Gasteiger partial charge is 0.377 e. The zero-order chi connectivity index (χ0) is 27.1. The van der Waals surface area contributed by atoms with Gasteiger partial charge in [0.25, 0.3) is 0 Å². The summed E-state index contributed by atoms with van der Waals surface area (Å²) in [5.41, 5.74) is -0.799. The second kappa shape index (κ2) is 18.6. The van der Waals surface area contributed by atoms with Crippen molar-refractivity contribution in [1.82, 2.24) is 0 Å². The maximum Gasteiger partial charge on any atom is 0.140 e. The second-order valence-electron chi connectivity index (χ2n) is 13.7. The van der Waals surface area contributed by atoms with Gasteiger partial charge >= 0.3 is 0 Å². The Morgan fingerprint density at radius 1 is 0.579 bits per heavy atom. The molecule has 5 unspecified atom stereocenters. The molecule has 0 aromatic heterocycles. The Bertz CT molecular complexity index is 604. The van der Waals surface area contributed by atoms with Gasteiger partial charge in [-0.2, -0.15) is 0 Å². The predicted molar refractivity (Wildman–Crippen MR) is 164 cm³/mol. The van der Waals surface area contributed by atoms with Crippen molar-refractivity contribution in [1.29, 1.82) is 0 Å². The van der Waals surface area contributed by atoms with Crippen molar-refractivity contribution >= 4 is 29.5 Å². The highest BCUT2D eigenvalue weighted by atomic mass is 35.5. The average Bonchev–Trinajstić information content (AvgIpc) is 3.01. The number of alkyl halides is 2. The van der Waals surface area contributed by atoms with Crippen LogP contribution in [-0.2, 0) is 4.79 Å². The summed E-state index contributed by atoms with van der Waals surface area (Å²) in [6.07, 6.45) is 33.6. The number of carbonyl (C=O) groups is 1. The Labute approximate surface area is 245 Å². The molecule has 0 aliphatic heterocycles.